The number of aromatic nitrogens is 2. The number of nitrogens with zero attached hydrogens (tertiary/aromatic N) is 4. The standard InChI is InChI=1S/C24H33FN6O2/c1-2-17-14-31(21-5-9-29(15-20(21)25)13-16-3-7-26-8-4-16)23-19(17)11-18(12-27-23)30-10-6-22(32)28-24(30)33/h11-12,14,16,20-21,26H,2-10,13,15H2,1H3,(H,28,32,33)/t20-,21+/m0/s1. The minimum atomic E-state index is -0.943. The molecule has 2 N–H and O–H groups in total. The fraction of sp³-hybridized carbons (Fsp3) is 0.625. The van der Waals surface area contributed by atoms with Crippen LogP contribution < -0.4 is 15.5 Å². The Morgan fingerprint density at radius 3 is 2.73 bits per heavy atom. The van der Waals surface area contributed by atoms with Crippen molar-refractivity contribution in [2.75, 3.05) is 44.2 Å². The van der Waals surface area contributed by atoms with Crippen molar-refractivity contribution in [3.05, 3.63) is 24.0 Å². The van der Waals surface area contributed by atoms with E-state index in [9.17, 15) is 9.59 Å². The van der Waals surface area contributed by atoms with Crippen LogP contribution in [-0.2, 0) is 11.2 Å². The van der Waals surface area contributed by atoms with Gasteiger partial charge >= 0.3 is 6.03 Å². The number of urea groups is 1. The van der Waals surface area contributed by atoms with Crippen LogP contribution in [0.4, 0.5) is 14.9 Å². The van der Waals surface area contributed by atoms with Crippen LogP contribution in [0, 0.1) is 5.92 Å². The summed E-state index contributed by atoms with van der Waals surface area (Å²) < 4.78 is 17.5. The normalized spacial score (nSPS) is 25.6. The van der Waals surface area contributed by atoms with Crippen LogP contribution in [-0.4, -0.2) is 71.8 Å². The second-order valence-corrected chi connectivity index (χ2v) is 9.56. The molecular formula is C24H33FN6O2. The summed E-state index contributed by atoms with van der Waals surface area (Å²) in [5, 5.41) is 6.71. The smallest absolute Gasteiger partial charge is 0.326 e. The van der Waals surface area contributed by atoms with E-state index in [-0.39, 0.29) is 18.4 Å². The highest BCUT2D eigenvalue weighted by atomic mass is 19.1. The number of carbonyl (C=O) groups is 2. The van der Waals surface area contributed by atoms with E-state index in [1.165, 1.54) is 12.8 Å². The molecule has 0 spiro atoms. The minimum Gasteiger partial charge on any atom is -0.326 e. The van der Waals surface area contributed by atoms with Gasteiger partial charge in [-0.25, -0.2) is 14.2 Å². The Hall–Kier alpha value is -2.52. The monoisotopic (exact) mass is 456 g/mol. The number of likely N-dealkylation sites (tertiary alicyclic amines) is 1. The number of aryl methyl sites for hydroxylation is 1. The minimum absolute atomic E-state index is 0.230. The Morgan fingerprint density at radius 1 is 1.18 bits per heavy atom. The second-order valence-electron chi connectivity index (χ2n) is 9.56. The molecule has 2 aromatic heterocycles. The molecule has 33 heavy (non-hydrogen) atoms. The molecule has 3 aliphatic rings. The lowest BCUT2D eigenvalue weighted by molar-refractivity contribution is -0.120. The van der Waals surface area contributed by atoms with Gasteiger partial charge in [-0.15, -0.1) is 0 Å². The predicted octanol–water partition coefficient (Wildman–Crippen LogP) is 2.63. The Labute approximate surface area is 193 Å². The lowest BCUT2D eigenvalue weighted by Gasteiger charge is -2.38. The molecule has 3 amide bonds. The SMILES string of the molecule is CCc1cn([C@@H]2CCN(CC3CCNCC3)C[C@@H]2F)c2ncc(N3CCC(=O)NC3=O)cc12. The van der Waals surface area contributed by atoms with E-state index in [0.717, 1.165) is 55.6 Å². The van der Waals surface area contributed by atoms with Crippen LogP contribution in [0.1, 0.15) is 44.2 Å². The van der Waals surface area contributed by atoms with Gasteiger partial charge in [0.2, 0.25) is 5.91 Å². The molecule has 0 bridgehead atoms. The zero-order chi connectivity index (χ0) is 22.9. The maximum absolute atomic E-state index is 15.4. The summed E-state index contributed by atoms with van der Waals surface area (Å²) in [6.07, 6.45) is 6.94. The van der Waals surface area contributed by atoms with Crippen molar-refractivity contribution >= 4 is 28.7 Å². The van der Waals surface area contributed by atoms with Crippen LogP contribution in [0.2, 0.25) is 0 Å². The van der Waals surface area contributed by atoms with Gasteiger partial charge in [-0.2, -0.15) is 0 Å². The van der Waals surface area contributed by atoms with Gasteiger partial charge in [0.15, 0.2) is 0 Å². The molecule has 0 unspecified atom stereocenters. The van der Waals surface area contributed by atoms with E-state index < -0.39 is 12.2 Å². The van der Waals surface area contributed by atoms with E-state index in [4.69, 9.17) is 0 Å². The van der Waals surface area contributed by atoms with Crippen molar-refractivity contribution < 1.29 is 14.0 Å². The number of amides is 3. The van der Waals surface area contributed by atoms with Crippen LogP contribution in [0.25, 0.3) is 11.0 Å². The Balaban J connectivity index is 1.35. The van der Waals surface area contributed by atoms with Crippen molar-refractivity contribution in [2.24, 2.45) is 5.92 Å². The van der Waals surface area contributed by atoms with Crippen LogP contribution in [0.15, 0.2) is 18.5 Å². The van der Waals surface area contributed by atoms with Crippen molar-refractivity contribution in [3.63, 3.8) is 0 Å². The number of hydrogen-bond acceptors (Lipinski definition) is 5. The first-order chi connectivity index (χ1) is 16.0. The van der Waals surface area contributed by atoms with Crippen LogP contribution in [0.5, 0.6) is 0 Å². The second kappa shape index (κ2) is 9.38. The molecule has 5 heterocycles. The predicted molar refractivity (Wildman–Crippen MR) is 125 cm³/mol. The average Bonchev–Trinajstić information content (AvgIpc) is 3.17. The van der Waals surface area contributed by atoms with Crippen molar-refractivity contribution in [1.82, 2.24) is 25.1 Å². The van der Waals surface area contributed by atoms with Gasteiger partial charge in [0.1, 0.15) is 11.8 Å². The first-order valence-corrected chi connectivity index (χ1v) is 12.2. The van der Waals surface area contributed by atoms with E-state index >= 15 is 4.39 Å². The molecule has 8 nitrogen and oxygen atoms in total. The summed E-state index contributed by atoms with van der Waals surface area (Å²) >= 11 is 0. The third-order valence-electron chi connectivity index (χ3n) is 7.41. The number of piperidine rings is 2. The Bertz CT molecular complexity index is 1030. The van der Waals surface area contributed by atoms with E-state index in [1.54, 1.807) is 11.1 Å². The molecule has 2 aromatic rings. The molecule has 9 heteroatoms. The number of halogens is 1. The van der Waals surface area contributed by atoms with E-state index in [0.29, 0.717) is 24.7 Å². The molecule has 0 aliphatic carbocycles. The number of nitrogens with one attached hydrogen (secondary N) is 2. The first kappa shape index (κ1) is 22.3. The lowest BCUT2D eigenvalue weighted by atomic mass is 9.95. The molecule has 3 saturated heterocycles. The zero-order valence-electron chi connectivity index (χ0n) is 19.2. The number of hydrogen-bond donors (Lipinski definition) is 2. The average molecular weight is 457 g/mol. The molecule has 3 fully saturated rings. The number of pyridine rings is 1. The summed E-state index contributed by atoms with van der Waals surface area (Å²) in [4.78, 5) is 32.3. The van der Waals surface area contributed by atoms with Crippen LogP contribution >= 0.6 is 0 Å². The van der Waals surface area contributed by atoms with Crippen molar-refractivity contribution in [3.8, 4) is 0 Å². The van der Waals surface area contributed by atoms with Gasteiger partial charge in [0, 0.05) is 44.2 Å². The zero-order valence-corrected chi connectivity index (χ0v) is 19.2. The van der Waals surface area contributed by atoms with Crippen molar-refractivity contribution in [2.45, 2.75) is 51.2 Å². The molecule has 2 atom stereocenters. The van der Waals surface area contributed by atoms with Gasteiger partial charge in [-0.05, 0) is 56.3 Å². The molecule has 0 saturated carbocycles. The maximum Gasteiger partial charge on any atom is 0.328 e. The molecule has 5 rings (SSSR count). The third-order valence-corrected chi connectivity index (χ3v) is 7.41. The molecule has 0 radical (unpaired) electrons. The Morgan fingerprint density at radius 2 is 2.00 bits per heavy atom. The highest BCUT2D eigenvalue weighted by Gasteiger charge is 2.33. The fourth-order valence-corrected chi connectivity index (χ4v) is 5.54. The Kier molecular flexibility index (Phi) is 6.34. The summed E-state index contributed by atoms with van der Waals surface area (Å²) in [5.74, 6) is 0.405. The van der Waals surface area contributed by atoms with E-state index in [2.05, 4.69) is 27.4 Å². The highest BCUT2D eigenvalue weighted by Crippen LogP contribution is 2.33. The van der Waals surface area contributed by atoms with Gasteiger partial charge in [0.05, 0.1) is 17.9 Å². The summed E-state index contributed by atoms with van der Waals surface area (Å²) in [7, 11) is 0. The quantitative estimate of drug-likeness (QED) is 0.723. The molecule has 3 aliphatic heterocycles. The topological polar surface area (TPSA) is 82.5 Å². The fourth-order valence-electron chi connectivity index (χ4n) is 5.54. The van der Waals surface area contributed by atoms with Crippen molar-refractivity contribution in [1.29, 1.82) is 0 Å². The molecular weight excluding hydrogens is 423 g/mol. The first-order valence-electron chi connectivity index (χ1n) is 12.2. The molecule has 0 aromatic carbocycles. The largest absolute Gasteiger partial charge is 0.328 e. The maximum atomic E-state index is 15.4. The third kappa shape index (κ3) is 4.48. The number of alkyl halides is 1. The number of carbonyl (C=O) groups excluding carboxylic acids is 2. The summed E-state index contributed by atoms with van der Waals surface area (Å²) in [6.45, 7) is 6.90. The van der Waals surface area contributed by atoms with Gasteiger partial charge < -0.3 is 14.8 Å². The number of fused-ring (bicyclic) bond motifs is 1. The summed E-state index contributed by atoms with van der Waals surface area (Å²) in [6, 6.07) is 1.30. The number of rotatable bonds is 5. The van der Waals surface area contributed by atoms with E-state index in [1.807, 2.05) is 16.8 Å². The summed E-state index contributed by atoms with van der Waals surface area (Å²) in [5.41, 5.74) is 2.52. The number of imide groups is 1. The van der Waals surface area contributed by atoms with Crippen LogP contribution in [0.3, 0.4) is 0 Å². The number of anilines is 1. The van der Waals surface area contributed by atoms with Gasteiger partial charge in [-0.1, -0.05) is 6.92 Å². The highest BCUT2D eigenvalue weighted by molar-refractivity contribution is 6.06. The lowest BCUT2D eigenvalue weighted by Crippen LogP contribution is -2.49. The van der Waals surface area contributed by atoms with Gasteiger partial charge in [0.25, 0.3) is 0 Å². The van der Waals surface area contributed by atoms with Gasteiger partial charge in [-0.3, -0.25) is 15.0 Å². The molecule has 178 valence electrons.